The van der Waals surface area contributed by atoms with Crippen molar-refractivity contribution in [1.29, 1.82) is 0 Å². The van der Waals surface area contributed by atoms with Gasteiger partial charge < -0.3 is 5.32 Å². The van der Waals surface area contributed by atoms with Crippen molar-refractivity contribution in [3.05, 3.63) is 89.2 Å². The second-order valence-electron chi connectivity index (χ2n) is 6.68. The molecule has 0 aliphatic carbocycles. The summed E-state index contributed by atoms with van der Waals surface area (Å²) in [6, 6.07) is 12.2. The number of hydrogen-bond donors (Lipinski definition) is 1. The molecule has 0 spiro atoms. The van der Waals surface area contributed by atoms with E-state index in [-0.39, 0.29) is 17.1 Å². The Morgan fingerprint density at radius 1 is 0.933 bits per heavy atom. The molecule has 1 heterocycles. The van der Waals surface area contributed by atoms with E-state index in [1.165, 1.54) is 24.3 Å². The number of benzene rings is 3. The Morgan fingerprint density at radius 2 is 1.60 bits per heavy atom. The highest BCUT2D eigenvalue weighted by Gasteiger charge is 2.31. The van der Waals surface area contributed by atoms with Gasteiger partial charge in [-0.15, -0.1) is 0 Å². The molecule has 3 aromatic rings. The molecule has 1 N–H and O–H groups in total. The van der Waals surface area contributed by atoms with Gasteiger partial charge in [-0.25, -0.2) is 21.6 Å². The van der Waals surface area contributed by atoms with Gasteiger partial charge in [0.05, 0.1) is 10.6 Å². The van der Waals surface area contributed by atoms with E-state index < -0.39 is 38.9 Å². The lowest BCUT2D eigenvalue weighted by molar-refractivity contribution is 0.101. The van der Waals surface area contributed by atoms with Crippen molar-refractivity contribution in [1.82, 2.24) is 0 Å². The van der Waals surface area contributed by atoms with Crippen LogP contribution >= 0.6 is 0 Å². The van der Waals surface area contributed by atoms with Crippen molar-refractivity contribution in [2.75, 3.05) is 16.2 Å². The molecule has 154 valence electrons. The van der Waals surface area contributed by atoms with Crippen LogP contribution in [0.1, 0.15) is 15.9 Å². The number of anilines is 2. The molecule has 4 rings (SSSR count). The van der Waals surface area contributed by atoms with Gasteiger partial charge in [0, 0.05) is 12.2 Å². The van der Waals surface area contributed by atoms with Crippen LogP contribution in [0.4, 0.5) is 24.5 Å². The maximum absolute atomic E-state index is 13.8. The van der Waals surface area contributed by atoms with Gasteiger partial charge in [0.25, 0.3) is 15.9 Å². The molecule has 0 radical (unpaired) electrons. The van der Waals surface area contributed by atoms with E-state index in [2.05, 4.69) is 5.32 Å². The van der Waals surface area contributed by atoms with Gasteiger partial charge in [0.1, 0.15) is 23.0 Å². The predicted molar refractivity (Wildman–Crippen MR) is 105 cm³/mol. The molecule has 0 unspecified atom stereocenters. The molecule has 0 saturated heterocycles. The van der Waals surface area contributed by atoms with E-state index >= 15 is 0 Å². The molecule has 0 atom stereocenters. The molecule has 1 amide bonds. The van der Waals surface area contributed by atoms with Crippen LogP contribution in [0.5, 0.6) is 0 Å². The zero-order chi connectivity index (χ0) is 21.5. The van der Waals surface area contributed by atoms with E-state index in [9.17, 15) is 26.4 Å². The fourth-order valence-electron chi connectivity index (χ4n) is 3.32. The summed E-state index contributed by atoms with van der Waals surface area (Å²) >= 11 is 0. The number of nitrogens with one attached hydrogen (secondary N) is 1. The lowest BCUT2D eigenvalue weighted by Gasteiger charge is -2.20. The molecule has 0 fully saturated rings. The Labute approximate surface area is 170 Å². The molecular weight excluding hydrogens is 417 g/mol. The van der Waals surface area contributed by atoms with Gasteiger partial charge in [-0.1, -0.05) is 12.1 Å². The molecule has 5 nitrogen and oxygen atoms in total. The first-order chi connectivity index (χ1) is 14.3. The van der Waals surface area contributed by atoms with Crippen molar-refractivity contribution in [3.63, 3.8) is 0 Å². The summed E-state index contributed by atoms with van der Waals surface area (Å²) in [7, 11) is -3.95. The normalized spacial score (nSPS) is 13.2. The molecule has 30 heavy (non-hydrogen) atoms. The molecule has 0 saturated carbocycles. The van der Waals surface area contributed by atoms with Crippen molar-refractivity contribution in [2.24, 2.45) is 0 Å². The van der Waals surface area contributed by atoms with E-state index in [4.69, 9.17) is 0 Å². The highest BCUT2D eigenvalue weighted by Crippen LogP contribution is 2.35. The Morgan fingerprint density at radius 3 is 2.27 bits per heavy atom. The minimum Gasteiger partial charge on any atom is -0.322 e. The SMILES string of the molecule is O=C(Nc1ccc2c(c1)N(S(=O)(=O)c1ccc(F)cc1)CC2)c1c(F)cccc1F. The number of nitrogens with zero attached hydrogens (tertiary/aromatic N) is 1. The van der Waals surface area contributed by atoms with E-state index in [0.29, 0.717) is 12.1 Å². The first kappa shape index (κ1) is 20.0. The lowest BCUT2D eigenvalue weighted by atomic mass is 10.1. The zero-order valence-corrected chi connectivity index (χ0v) is 16.2. The Hall–Kier alpha value is -3.33. The first-order valence-corrected chi connectivity index (χ1v) is 10.4. The minimum absolute atomic E-state index is 0.0698. The van der Waals surface area contributed by atoms with Gasteiger partial charge in [-0.05, 0) is 60.5 Å². The third kappa shape index (κ3) is 3.52. The smallest absolute Gasteiger partial charge is 0.264 e. The Bertz CT molecular complexity index is 1220. The van der Waals surface area contributed by atoms with Crippen LogP contribution in [0.15, 0.2) is 65.6 Å². The number of sulfonamides is 1. The number of halogens is 3. The molecule has 9 heteroatoms. The van der Waals surface area contributed by atoms with Crippen LogP contribution in [-0.2, 0) is 16.4 Å². The maximum atomic E-state index is 13.8. The molecular formula is C21H15F3N2O3S. The van der Waals surface area contributed by atoms with Gasteiger partial charge in [0.2, 0.25) is 0 Å². The highest BCUT2D eigenvalue weighted by atomic mass is 32.2. The third-order valence-electron chi connectivity index (χ3n) is 4.79. The largest absolute Gasteiger partial charge is 0.322 e. The summed E-state index contributed by atoms with van der Waals surface area (Å²) in [5, 5.41) is 2.40. The van der Waals surface area contributed by atoms with E-state index in [1.54, 1.807) is 6.07 Å². The van der Waals surface area contributed by atoms with Crippen LogP contribution in [0.25, 0.3) is 0 Å². The minimum atomic E-state index is -3.95. The zero-order valence-electron chi connectivity index (χ0n) is 15.4. The van der Waals surface area contributed by atoms with Gasteiger partial charge in [-0.2, -0.15) is 0 Å². The van der Waals surface area contributed by atoms with Crippen molar-refractivity contribution >= 4 is 27.3 Å². The van der Waals surface area contributed by atoms with Crippen molar-refractivity contribution < 1.29 is 26.4 Å². The van der Waals surface area contributed by atoms with E-state index in [1.807, 2.05) is 0 Å². The molecule has 3 aromatic carbocycles. The number of fused-ring (bicyclic) bond motifs is 1. The Kier molecular flexibility index (Phi) is 4.98. The monoisotopic (exact) mass is 432 g/mol. The third-order valence-corrected chi connectivity index (χ3v) is 6.61. The number of amides is 1. The number of carbonyl (C=O) groups is 1. The first-order valence-electron chi connectivity index (χ1n) is 8.94. The summed E-state index contributed by atoms with van der Waals surface area (Å²) in [5.74, 6) is -3.55. The van der Waals surface area contributed by atoms with Crippen LogP contribution in [0.3, 0.4) is 0 Å². The highest BCUT2D eigenvalue weighted by molar-refractivity contribution is 7.92. The maximum Gasteiger partial charge on any atom is 0.264 e. The van der Waals surface area contributed by atoms with Gasteiger partial charge in [-0.3, -0.25) is 9.10 Å². The van der Waals surface area contributed by atoms with Crippen LogP contribution in [-0.4, -0.2) is 20.9 Å². The van der Waals surface area contributed by atoms with E-state index in [0.717, 1.165) is 40.2 Å². The lowest BCUT2D eigenvalue weighted by Crippen LogP contribution is -2.29. The fourth-order valence-corrected chi connectivity index (χ4v) is 4.81. The van der Waals surface area contributed by atoms with Crippen LogP contribution in [0, 0.1) is 17.5 Å². The van der Waals surface area contributed by atoms with Crippen LogP contribution in [0.2, 0.25) is 0 Å². The number of carbonyl (C=O) groups excluding carboxylic acids is 1. The average molecular weight is 432 g/mol. The predicted octanol–water partition coefficient (Wildman–Crippen LogP) is 4.11. The summed E-state index contributed by atoms with van der Waals surface area (Å²) in [6.07, 6.45) is 0.450. The number of hydrogen-bond acceptors (Lipinski definition) is 3. The molecule has 1 aliphatic rings. The second-order valence-corrected chi connectivity index (χ2v) is 8.54. The second kappa shape index (κ2) is 7.49. The van der Waals surface area contributed by atoms with Crippen LogP contribution < -0.4 is 9.62 Å². The summed E-state index contributed by atoms with van der Waals surface area (Å²) in [6.45, 7) is 0.175. The van der Waals surface area contributed by atoms with Crippen molar-refractivity contribution in [3.8, 4) is 0 Å². The van der Waals surface area contributed by atoms with Gasteiger partial charge in [0.15, 0.2) is 0 Å². The summed E-state index contributed by atoms with van der Waals surface area (Å²) in [5.41, 5.74) is 0.526. The fraction of sp³-hybridized carbons (Fsp3) is 0.0952. The number of rotatable bonds is 4. The molecule has 1 aliphatic heterocycles. The quantitative estimate of drug-likeness (QED) is 0.675. The average Bonchev–Trinajstić information content (AvgIpc) is 3.12. The standard InChI is InChI=1S/C21H15F3N2O3S/c22-14-5-8-16(9-6-14)30(28,29)26-11-10-13-4-7-15(12-19(13)26)25-21(27)20-17(23)2-1-3-18(20)24/h1-9,12H,10-11H2,(H,25,27). The molecule has 0 bridgehead atoms. The Balaban J connectivity index is 1.65. The van der Waals surface area contributed by atoms with Crippen molar-refractivity contribution in [2.45, 2.75) is 11.3 Å². The topological polar surface area (TPSA) is 66.5 Å². The van der Waals surface area contributed by atoms with Gasteiger partial charge >= 0.3 is 0 Å². The summed E-state index contributed by atoms with van der Waals surface area (Å²) in [4.78, 5) is 12.3. The molecule has 0 aromatic heterocycles. The summed E-state index contributed by atoms with van der Waals surface area (Å²) < 4.78 is 67.9.